The monoisotopic (exact) mass is 260 g/mol. The lowest BCUT2D eigenvalue weighted by Gasteiger charge is -2.13. The van der Waals surface area contributed by atoms with E-state index in [1.807, 2.05) is 6.07 Å². The van der Waals surface area contributed by atoms with Gasteiger partial charge < -0.3 is 10.6 Å². The van der Waals surface area contributed by atoms with Crippen LogP contribution in [-0.4, -0.2) is 25.0 Å². The molecule has 2 rings (SSSR count). The van der Waals surface area contributed by atoms with Gasteiger partial charge in [-0.25, -0.2) is 0 Å². The first-order valence-electron chi connectivity index (χ1n) is 7.20. The SMILES string of the molecule is CCN[C@H](C)CNC(=O)C1CC1c1ccccc1C. The number of benzene rings is 1. The third-order valence-corrected chi connectivity index (χ3v) is 3.85. The molecule has 1 aliphatic rings. The van der Waals surface area contributed by atoms with Crippen LogP contribution in [0, 0.1) is 12.8 Å². The highest BCUT2D eigenvalue weighted by Gasteiger charge is 2.44. The Morgan fingerprint density at radius 2 is 2.16 bits per heavy atom. The normalized spacial score (nSPS) is 22.9. The minimum atomic E-state index is 0.176. The second-order valence-electron chi connectivity index (χ2n) is 5.51. The minimum absolute atomic E-state index is 0.176. The van der Waals surface area contributed by atoms with Crippen LogP contribution in [0.25, 0.3) is 0 Å². The largest absolute Gasteiger partial charge is 0.354 e. The Morgan fingerprint density at radius 3 is 2.84 bits per heavy atom. The lowest BCUT2D eigenvalue weighted by molar-refractivity contribution is -0.122. The van der Waals surface area contributed by atoms with E-state index in [2.05, 4.69) is 49.6 Å². The van der Waals surface area contributed by atoms with E-state index in [9.17, 15) is 4.79 Å². The fourth-order valence-electron chi connectivity index (χ4n) is 2.64. The summed E-state index contributed by atoms with van der Waals surface area (Å²) in [7, 11) is 0. The van der Waals surface area contributed by atoms with Crippen LogP contribution >= 0.6 is 0 Å². The Kier molecular flexibility index (Phi) is 4.59. The molecule has 2 N–H and O–H groups in total. The van der Waals surface area contributed by atoms with Gasteiger partial charge in [-0.15, -0.1) is 0 Å². The maximum Gasteiger partial charge on any atom is 0.223 e. The van der Waals surface area contributed by atoms with E-state index in [0.29, 0.717) is 18.5 Å². The smallest absolute Gasteiger partial charge is 0.223 e. The van der Waals surface area contributed by atoms with Crippen LogP contribution < -0.4 is 10.6 Å². The molecule has 0 bridgehead atoms. The molecule has 19 heavy (non-hydrogen) atoms. The van der Waals surface area contributed by atoms with Gasteiger partial charge in [0.2, 0.25) is 5.91 Å². The molecular formula is C16H24N2O. The summed E-state index contributed by atoms with van der Waals surface area (Å²) in [4.78, 5) is 12.1. The Bertz CT molecular complexity index is 444. The molecule has 0 radical (unpaired) electrons. The molecule has 1 amide bonds. The van der Waals surface area contributed by atoms with Gasteiger partial charge in [0.05, 0.1) is 0 Å². The number of hydrogen-bond acceptors (Lipinski definition) is 2. The molecule has 104 valence electrons. The van der Waals surface area contributed by atoms with Gasteiger partial charge in [-0.3, -0.25) is 4.79 Å². The van der Waals surface area contributed by atoms with Crippen molar-refractivity contribution >= 4 is 5.91 Å². The highest BCUT2D eigenvalue weighted by atomic mass is 16.2. The van der Waals surface area contributed by atoms with E-state index >= 15 is 0 Å². The number of likely N-dealkylation sites (N-methyl/N-ethyl adjacent to an activating group) is 1. The van der Waals surface area contributed by atoms with Crippen molar-refractivity contribution < 1.29 is 4.79 Å². The molecule has 1 aliphatic carbocycles. The lowest BCUT2D eigenvalue weighted by atomic mass is 10.0. The van der Waals surface area contributed by atoms with Crippen LogP contribution in [0.3, 0.4) is 0 Å². The van der Waals surface area contributed by atoms with Crippen molar-refractivity contribution in [1.29, 1.82) is 0 Å². The number of nitrogens with one attached hydrogen (secondary N) is 2. The predicted octanol–water partition coefficient (Wildman–Crippen LogP) is 2.21. The van der Waals surface area contributed by atoms with E-state index in [0.717, 1.165) is 13.0 Å². The molecule has 1 aromatic carbocycles. The van der Waals surface area contributed by atoms with E-state index in [1.165, 1.54) is 11.1 Å². The van der Waals surface area contributed by atoms with Gasteiger partial charge in [-0.2, -0.15) is 0 Å². The first-order valence-corrected chi connectivity index (χ1v) is 7.20. The quantitative estimate of drug-likeness (QED) is 0.823. The highest BCUT2D eigenvalue weighted by molar-refractivity contribution is 5.83. The van der Waals surface area contributed by atoms with Crippen LogP contribution in [-0.2, 0) is 4.79 Å². The number of aryl methyl sites for hydroxylation is 1. The third-order valence-electron chi connectivity index (χ3n) is 3.85. The maximum atomic E-state index is 12.1. The molecule has 3 atom stereocenters. The Morgan fingerprint density at radius 1 is 1.42 bits per heavy atom. The highest BCUT2D eigenvalue weighted by Crippen LogP contribution is 2.48. The van der Waals surface area contributed by atoms with Crippen LogP contribution in [0.5, 0.6) is 0 Å². The summed E-state index contributed by atoms with van der Waals surface area (Å²) in [5.41, 5.74) is 2.63. The fourth-order valence-corrected chi connectivity index (χ4v) is 2.64. The molecule has 0 spiro atoms. The van der Waals surface area contributed by atoms with Crippen molar-refractivity contribution in [3.63, 3.8) is 0 Å². The molecule has 0 heterocycles. The zero-order chi connectivity index (χ0) is 13.8. The first kappa shape index (κ1) is 14.1. The summed E-state index contributed by atoms with van der Waals surface area (Å²) in [5.74, 6) is 0.809. The van der Waals surface area contributed by atoms with Gasteiger partial charge >= 0.3 is 0 Å². The number of carbonyl (C=O) groups excluding carboxylic acids is 1. The topological polar surface area (TPSA) is 41.1 Å². The summed E-state index contributed by atoms with van der Waals surface area (Å²) in [6, 6.07) is 8.71. The van der Waals surface area contributed by atoms with Gasteiger partial charge in [0.15, 0.2) is 0 Å². The molecule has 0 aromatic heterocycles. The standard InChI is InChI=1S/C16H24N2O/c1-4-17-12(3)10-18-16(19)15-9-14(15)13-8-6-5-7-11(13)2/h5-8,12,14-15,17H,4,9-10H2,1-3H3,(H,18,19)/t12-,14?,15?/m1/s1. The molecule has 1 fully saturated rings. The number of carbonyl (C=O) groups is 1. The zero-order valence-electron chi connectivity index (χ0n) is 12.1. The summed E-state index contributed by atoms with van der Waals surface area (Å²) >= 11 is 0. The predicted molar refractivity (Wildman–Crippen MR) is 78.2 cm³/mol. The number of hydrogen-bond donors (Lipinski definition) is 2. The second kappa shape index (κ2) is 6.20. The Hall–Kier alpha value is -1.35. The number of rotatable bonds is 6. The van der Waals surface area contributed by atoms with E-state index in [4.69, 9.17) is 0 Å². The zero-order valence-corrected chi connectivity index (χ0v) is 12.1. The average Bonchev–Trinajstić information content (AvgIpc) is 3.17. The Labute approximate surface area is 115 Å². The van der Waals surface area contributed by atoms with Crippen molar-refractivity contribution in [3.05, 3.63) is 35.4 Å². The molecule has 0 saturated heterocycles. The third kappa shape index (κ3) is 3.57. The lowest BCUT2D eigenvalue weighted by Crippen LogP contribution is -2.39. The van der Waals surface area contributed by atoms with Crippen molar-refractivity contribution in [2.24, 2.45) is 5.92 Å². The van der Waals surface area contributed by atoms with E-state index in [1.54, 1.807) is 0 Å². The van der Waals surface area contributed by atoms with Gasteiger partial charge in [-0.1, -0.05) is 31.2 Å². The first-order chi connectivity index (χ1) is 9.13. The average molecular weight is 260 g/mol. The second-order valence-corrected chi connectivity index (χ2v) is 5.51. The maximum absolute atomic E-state index is 12.1. The molecule has 2 unspecified atom stereocenters. The van der Waals surface area contributed by atoms with Crippen molar-refractivity contribution in [3.8, 4) is 0 Å². The van der Waals surface area contributed by atoms with Crippen LogP contribution in [0.2, 0.25) is 0 Å². The van der Waals surface area contributed by atoms with E-state index in [-0.39, 0.29) is 11.8 Å². The Balaban J connectivity index is 1.82. The number of amides is 1. The molecule has 3 heteroatoms. The molecule has 1 aromatic rings. The van der Waals surface area contributed by atoms with Crippen LogP contribution in [0.15, 0.2) is 24.3 Å². The van der Waals surface area contributed by atoms with Crippen LogP contribution in [0.1, 0.15) is 37.3 Å². The van der Waals surface area contributed by atoms with Gasteiger partial charge in [0.25, 0.3) is 0 Å². The summed E-state index contributed by atoms with van der Waals surface area (Å²) in [5, 5.41) is 6.34. The van der Waals surface area contributed by atoms with Gasteiger partial charge in [0.1, 0.15) is 0 Å². The summed E-state index contributed by atoms with van der Waals surface area (Å²) in [6.45, 7) is 7.94. The minimum Gasteiger partial charge on any atom is -0.354 e. The molecular weight excluding hydrogens is 236 g/mol. The molecule has 3 nitrogen and oxygen atoms in total. The van der Waals surface area contributed by atoms with Crippen molar-refractivity contribution in [2.45, 2.75) is 39.2 Å². The summed E-state index contributed by atoms with van der Waals surface area (Å²) < 4.78 is 0. The van der Waals surface area contributed by atoms with E-state index < -0.39 is 0 Å². The van der Waals surface area contributed by atoms with Gasteiger partial charge in [-0.05, 0) is 43.9 Å². The van der Waals surface area contributed by atoms with Crippen LogP contribution in [0.4, 0.5) is 0 Å². The fraction of sp³-hybridized carbons (Fsp3) is 0.562. The summed E-state index contributed by atoms with van der Waals surface area (Å²) in [6.07, 6.45) is 0.992. The van der Waals surface area contributed by atoms with Gasteiger partial charge in [0, 0.05) is 18.5 Å². The molecule has 1 saturated carbocycles. The molecule has 0 aliphatic heterocycles. The van der Waals surface area contributed by atoms with Crippen molar-refractivity contribution in [2.75, 3.05) is 13.1 Å². The van der Waals surface area contributed by atoms with Crippen molar-refractivity contribution in [1.82, 2.24) is 10.6 Å².